The van der Waals surface area contributed by atoms with Crippen LogP contribution in [-0.4, -0.2) is 51.8 Å². The van der Waals surface area contributed by atoms with Crippen molar-refractivity contribution in [2.75, 3.05) is 13.2 Å². The maximum absolute atomic E-state index is 12.4. The van der Waals surface area contributed by atoms with Crippen molar-refractivity contribution >= 4 is 12.0 Å². The summed E-state index contributed by atoms with van der Waals surface area (Å²) in [5.74, 6) is -1.01. The Bertz CT molecular complexity index is 336. The molecule has 0 saturated heterocycles. The van der Waals surface area contributed by atoms with Crippen molar-refractivity contribution in [3.63, 3.8) is 0 Å². The van der Waals surface area contributed by atoms with Crippen LogP contribution in [0.5, 0.6) is 0 Å². The molecule has 3 N–H and O–H groups in total. The Morgan fingerprint density at radius 2 is 1.80 bits per heavy atom. The van der Waals surface area contributed by atoms with Crippen LogP contribution in [0.4, 0.5) is 4.79 Å². The first-order chi connectivity index (χ1) is 9.50. The van der Waals surface area contributed by atoms with Gasteiger partial charge in [-0.15, -0.1) is 0 Å². The molecule has 1 rings (SSSR count). The molecule has 0 aliphatic heterocycles. The van der Waals surface area contributed by atoms with Crippen molar-refractivity contribution < 1.29 is 19.8 Å². The summed E-state index contributed by atoms with van der Waals surface area (Å²) in [6.45, 7) is 3.65. The van der Waals surface area contributed by atoms with E-state index >= 15 is 0 Å². The summed E-state index contributed by atoms with van der Waals surface area (Å²) in [5, 5.41) is 21.2. The zero-order chi connectivity index (χ0) is 15.2. The number of aliphatic hydroxyl groups is 1. The van der Waals surface area contributed by atoms with Gasteiger partial charge in [-0.1, -0.05) is 26.7 Å². The van der Waals surface area contributed by atoms with E-state index in [0.29, 0.717) is 12.8 Å². The van der Waals surface area contributed by atoms with Gasteiger partial charge in [0.15, 0.2) is 0 Å². The molecule has 0 heterocycles. The lowest BCUT2D eigenvalue weighted by molar-refractivity contribution is -0.144. The number of carbonyl (C=O) groups excluding carboxylic acids is 1. The van der Waals surface area contributed by atoms with Crippen molar-refractivity contribution in [1.82, 2.24) is 10.2 Å². The van der Waals surface area contributed by atoms with Crippen LogP contribution in [-0.2, 0) is 4.79 Å². The minimum absolute atomic E-state index is 0.109. The van der Waals surface area contributed by atoms with Crippen LogP contribution < -0.4 is 5.32 Å². The molecule has 6 nitrogen and oxygen atoms in total. The molecule has 1 fully saturated rings. The molecule has 0 spiro atoms. The third-order valence-corrected chi connectivity index (χ3v) is 4.33. The SMILES string of the molecule is CCC(CC)(NC(=O)N(CCO)C1CCCC1)C(=O)O. The highest BCUT2D eigenvalue weighted by atomic mass is 16.4. The molecule has 1 aliphatic rings. The smallest absolute Gasteiger partial charge is 0.329 e. The average molecular weight is 286 g/mol. The molecule has 0 aromatic heterocycles. The molecule has 116 valence electrons. The summed E-state index contributed by atoms with van der Waals surface area (Å²) >= 11 is 0. The molecule has 0 radical (unpaired) electrons. The number of carboxylic acids is 1. The first-order valence-corrected chi connectivity index (χ1v) is 7.43. The third-order valence-electron chi connectivity index (χ3n) is 4.33. The highest BCUT2D eigenvalue weighted by Gasteiger charge is 2.38. The van der Waals surface area contributed by atoms with Gasteiger partial charge in [0.2, 0.25) is 0 Å². The molecular weight excluding hydrogens is 260 g/mol. The number of urea groups is 1. The van der Waals surface area contributed by atoms with Crippen LogP contribution in [0, 0.1) is 0 Å². The van der Waals surface area contributed by atoms with Gasteiger partial charge in [-0.2, -0.15) is 0 Å². The number of carboxylic acid groups (broad SMARTS) is 1. The molecule has 20 heavy (non-hydrogen) atoms. The van der Waals surface area contributed by atoms with Crippen molar-refractivity contribution in [2.24, 2.45) is 0 Å². The number of carbonyl (C=O) groups is 2. The maximum atomic E-state index is 12.4. The Balaban J connectivity index is 2.80. The number of hydrogen-bond donors (Lipinski definition) is 3. The summed E-state index contributed by atoms with van der Waals surface area (Å²) in [6, 6.07) is -0.264. The Kier molecular flexibility index (Phi) is 6.26. The number of nitrogens with one attached hydrogen (secondary N) is 1. The van der Waals surface area contributed by atoms with E-state index in [-0.39, 0.29) is 25.2 Å². The minimum atomic E-state index is -1.22. The van der Waals surface area contributed by atoms with E-state index in [1.54, 1.807) is 18.7 Å². The summed E-state index contributed by atoms with van der Waals surface area (Å²) in [5.41, 5.74) is -1.22. The summed E-state index contributed by atoms with van der Waals surface area (Å²) < 4.78 is 0. The van der Waals surface area contributed by atoms with Crippen LogP contribution in [0.25, 0.3) is 0 Å². The van der Waals surface area contributed by atoms with Gasteiger partial charge in [-0.05, 0) is 25.7 Å². The van der Waals surface area contributed by atoms with Gasteiger partial charge >= 0.3 is 12.0 Å². The van der Waals surface area contributed by atoms with E-state index in [9.17, 15) is 14.7 Å². The van der Waals surface area contributed by atoms with E-state index in [0.717, 1.165) is 25.7 Å². The maximum Gasteiger partial charge on any atom is 0.329 e. The van der Waals surface area contributed by atoms with Crippen molar-refractivity contribution in [3.8, 4) is 0 Å². The minimum Gasteiger partial charge on any atom is -0.480 e. The topological polar surface area (TPSA) is 89.9 Å². The zero-order valence-corrected chi connectivity index (χ0v) is 12.4. The lowest BCUT2D eigenvalue weighted by Crippen LogP contribution is -2.59. The van der Waals surface area contributed by atoms with Crippen LogP contribution in [0.15, 0.2) is 0 Å². The van der Waals surface area contributed by atoms with Crippen LogP contribution in [0.2, 0.25) is 0 Å². The van der Waals surface area contributed by atoms with E-state index in [1.807, 2.05) is 0 Å². The van der Waals surface area contributed by atoms with Crippen molar-refractivity contribution in [3.05, 3.63) is 0 Å². The zero-order valence-electron chi connectivity index (χ0n) is 12.4. The van der Waals surface area contributed by atoms with E-state index in [4.69, 9.17) is 5.11 Å². The second-order valence-electron chi connectivity index (χ2n) is 5.38. The summed E-state index contributed by atoms with van der Waals surface area (Å²) in [4.78, 5) is 25.4. The molecule has 2 amide bonds. The van der Waals surface area contributed by atoms with Crippen LogP contribution in [0.1, 0.15) is 52.4 Å². The van der Waals surface area contributed by atoms with Gasteiger partial charge in [0.05, 0.1) is 6.61 Å². The fourth-order valence-electron chi connectivity index (χ4n) is 2.83. The van der Waals surface area contributed by atoms with Crippen molar-refractivity contribution in [1.29, 1.82) is 0 Å². The number of nitrogens with zero attached hydrogens (tertiary/aromatic N) is 1. The standard InChI is InChI=1S/C14H26N2O4/c1-3-14(4-2,12(18)19)15-13(20)16(9-10-17)11-7-5-6-8-11/h11,17H,3-10H2,1-2H3,(H,15,20)(H,18,19). The van der Waals surface area contributed by atoms with Gasteiger partial charge in [0.25, 0.3) is 0 Å². The highest BCUT2D eigenvalue weighted by molar-refractivity contribution is 5.86. The van der Waals surface area contributed by atoms with Crippen LogP contribution >= 0.6 is 0 Å². The molecule has 0 aromatic rings. The molecule has 0 bridgehead atoms. The van der Waals surface area contributed by atoms with E-state index in [2.05, 4.69) is 5.32 Å². The molecular formula is C14H26N2O4. The van der Waals surface area contributed by atoms with Gasteiger partial charge in [-0.3, -0.25) is 0 Å². The first kappa shape index (κ1) is 16.8. The number of rotatable bonds is 7. The Hall–Kier alpha value is -1.30. The third kappa shape index (κ3) is 3.62. The second kappa shape index (κ2) is 7.47. The Labute approximate surface area is 120 Å². The van der Waals surface area contributed by atoms with Gasteiger partial charge < -0.3 is 20.4 Å². The lowest BCUT2D eigenvalue weighted by Gasteiger charge is -2.34. The predicted octanol–water partition coefficient (Wildman–Crippen LogP) is 1.58. The van der Waals surface area contributed by atoms with E-state index < -0.39 is 11.5 Å². The lowest BCUT2D eigenvalue weighted by atomic mass is 9.93. The van der Waals surface area contributed by atoms with Crippen LogP contribution in [0.3, 0.4) is 0 Å². The fraction of sp³-hybridized carbons (Fsp3) is 0.857. The second-order valence-corrected chi connectivity index (χ2v) is 5.38. The van der Waals surface area contributed by atoms with Gasteiger partial charge in [0.1, 0.15) is 5.54 Å². The number of amides is 2. The average Bonchev–Trinajstić information content (AvgIpc) is 2.95. The largest absolute Gasteiger partial charge is 0.480 e. The van der Waals surface area contributed by atoms with Crippen molar-refractivity contribution in [2.45, 2.75) is 64.0 Å². The van der Waals surface area contributed by atoms with Gasteiger partial charge in [0, 0.05) is 12.6 Å². The summed E-state index contributed by atoms with van der Waals surface area (Å²) in [7, 11) is 0. The Morgan fingerprint density at radius 3 is 2.20 bits per heavy atom. The number of aliphatic carboxylic acids is 1. The normalized spacial score (nSPS) is 16.1. The molecule has 0 aromatic carbocycles. The fourth-order valence-corrected chi connectivity index (χ4v) is 2.83. The van der Waals surface area contributed by atoms with Gasteiger partial charge in [-0.25, -0.2) is 9.59 Å². The molecule has 1 aliphatic carbocycles. The number of aliphatic hydroxyl groups excluding tert-OH is 1. The quantitative estimate of drug-likeness (QED) is 0.662. The monoisotopic (exact) mass is 286 g/mol. The Morgan fingerprint density at radius 1 is 1.25 bits per heavy atom. The predicted molar refractivity (Wildman–Crippen MR) is 75.5 cm³/mol. The molecule has 6 heteroatoms. The number of hydrogen-bond acceptors (Lipinski definition) is 3. The highest BCUT2D eigenvalue weighted by Crippen LogP contribution is 2.24. The molecule has 0 unspecified atom stereocenters. The van der Waals surface area contributed by atoms with E-state index in [1.165, 1.54) is 0 Å². The first-order valence-electron chi connectivity index (χ1n) is 7.43. The molecule has 0 atom stereocenters. The summed E-state index contributed by atoms with van der Waals surface area (Å²) in [6.07, 6.45) is 4.67. The molecule has 1 saturated carbocycles.